The lowest BCUT2D eigenvalue weighted by atomic mass is 10.0. The van der Waals surface area contributed by atoms with E-state index in [4.69, 9.17) is 4.74 Å². The third-order valence-electron chi connectivity index (χ3n) is 5.29. The summed E-state index contributed by atoms with van der Waals surface area (Å²) in [6.07, 6.45) is 0.841. The van der Waals surface area contributed by atoms with E-state index >= 15 is 0 Å². The van der Waals surface area contributed by atoms with Crippen molar-refractivity contribution in [3.05, 3.63) is 63.6 Å². The van der Waals surface area contributed by atoms with Gasteiger partial charge in [-0.1, -0.05) is 51.1 Å². The molecule has 6 heteroatoms. The van der Waals surface area contributed by atoms with E-state index in [9.17, 15) is 9.59 Å². The van der Waals surface area contributed by atoms with Crippen molar-refractivity contribution in [3.63, 3.8) is 0 Å². The summed E-state index contributed by atoms with van der Waals surface area (Å²) < 4.78 is 6.63. The number of rotatable bonds is 10. The van der Waals surface area contributed by atoms with Crippen molar-refractivity contribution in [2.45, 2.75) is 59.5 Å². The van der Waals surface area contributed by atoms with Gasteiger partial charge in [0.1, 0.15) is 11.8 Å². The molecule has 0 fully saturated rings. The molecule has 1 atom stereocenters. The average Bonchev–Trinajstić information content (AvgIpc) is 2.75. The van der Waals surface area contributed by atoms with Crippen molar-refractivity contribution in [1.29, 1.82) is 0 Å². The Bertz CT molecular complexity index is 898. The standard InChI is InChI=1S/C25H33BrN2O3/c1-6-13-27-25(30)19(5)28(15-21-10-8-7-9-18(21)4)24(29)16-31-23-12-11-20(17(2)3)14-22(23)26/h7-12,14,17,19H,6,13,15-16H2,1-5H3,(H,27,30). The molecule has 0 bridgehead atoms. The van der Waals surface area contributed by atoms with Crippen LogP contribution in [0.2, 0.25) is 0 Å². The molecule has 0 aliphatic rings. The molecule has 0 aliphatic carbocycles. The Balaban J connectivity index is 2.17. The van der Waals surface area contributed by atoms with Crippen molar-refractivity contribution < 1.29 is 14.3 Å². The maximum Gasteiger partial charge on any atom is 0.261 e. The van der Waals surface area contributed by atoms with Crippen molar-refractivity contribution in [1.82, 2.24) is 10.2 Å². The van der Waals surface area contributed by atoms with Crippen LogP contribution in [0.5, 0.6) is 5.75 Å². The van der Waals surface area contributed by atoms with Crippen LogP contribution in [0.15, 0.2) is 46.9 Å². The van der Waals surface area contributed by atoms with Crippen LogP contribution >= 0.6 is 15.9 Å². The fraction of sp³-hybridized carbons (Fsp3) is 0.440. The molecule has 0 aliphatic heterocycles. The maximum atomic E-state index is 13.1. The molecule has 0 spiro atoms. The van der Waals surface area contributed by atoms with Crippen LogP contribution in [0.1, 0.15) is 56.7 Å². The number of nitrogens with one attached hydrogen (secondary N) is 1. The summed E-state index contributed by atoms with van der Waals surface area (Å²) in [4.78, 5) is 27.3. The molecule has 2 rings (SSSR count). The number of hydrogen-bond donors (Lipinski definition) is 1. The molecular weight excluding hydrogens is 456 g/mol. The number of carbonyl (C=O) groups is 2. The lowest BCUT2D eigenvalue weighted by Gasteiger charge is -2.29. The van der Waals surface area contributed by atoms with Crippen LogP contribution in [0.4, 0.5) is 0 Å². The second kappa shape index (κ2) is 11.9. The zero-order valence-electron chi connectivity index (χ0n) is 19.1. The molecule has 0 radical (unpaired) electrons. The highest BCUT2D eigenvalue weighted by Crippen LogP contribution is 2.29. The Morgan fingerprint density at radius 2 is 1.84 bits per heavy atom. The Morgan fingerprint density at radius 1 is 1.13 bits per heavy atom. The van der Waals surface area contributed by atoms with Gasteiger partial charge in [-0.2, -0.15) is 0 Å². The average molecular weight is 489 g/mol. The quantitative estimate of drug-likeness (QED) is 0.499. The number of hydrogen-bond acceptors (Lipinski definition) is 3. The summed E-state index contributed by atoms with van der Waals surface area (Å²) in [5.74, 6) is 0.615. The van der Waals surface area contributed by atoms with E-state index in [1.807, 2.05) is 56.3 Å². The second-order valence-electron chi connectivity index (χ2n) is 8.05. The largest absolute Gasteiger partial charge is 0.483 e. The van der Waals surface area contributed by atoms with Crippen LogP contribution in [0.3, 0.4) is 0 Å². The van der Waals surface area contributed by atoms with Gasteiger partial charge in [0.25, 0.3) is 5.91 Å². The summed E-state index contributed by atoms with van der Waals surface area (Å²) in [7, 11) is 0. The third-order valence-corrected chi connectivity index (χ3v) is 5.91. The lowest BCUT2D eigenvalue weighted by molar-refractivity contribution is -0.142. The molecule has 0 saturated heterocycles. The first-order chi connectivity index (χ1) is 14.7. The van der Waals surface area contributed by atoms with Gasteiger partial charge in [0.05, 0.1) is 4.47 Å². The first-order valence-corrected chi connectivity index (χ1v) is 11.6. The zero-order chi connectivity index (χ0) is 23.0. The minimum atomic E-state index is -0.603. The summed E-state index contributed by atoms with van der Waals surface area (Å²) in [6.45, 7) is 10.8. The summed E-state index contributed by atoms with van der Waals surface area (Å²) in [5, 5.41) is 2.89. The molecule has 5 nitrogen and oxygen atoms in total. The molecule has 1 unspecified atom stereocenters. The van der Waals surface area contributed by atoms with Crippen LogP contribution in [-0.2, 0) is 16.1 Å². The highest BCUT2D eigenvalue weighted by atomic mass is 79.9. The number of benzene rings is 2. The Hall–Kier alpha value is -2.34. The number of halogens is 1. The first kappa shape index (κ1) is 24.9. The summed E-state index contributed by atoms with van der Waals surface area (Å²) in [6, 6.07) is 13.2. The molecule has 1 N–H and O–H groups in total. The predicted octanol–water partition coefficient (Wildman–Crippen LogP) is 5.20. The SMILES string of the molecule is CCCNC(=O)C(C)N(Cc1ccccc1C)C(=O)COc1ccc(C(C)C)cc1Br. The van der Waals surface area contributed by atoms with Gasteiger partial charge >= 0.3 is 0 Å². The van der Waals surface area contributed by atoms with E-state index < -0.39 is 6.04 Å². The van der Waals surface area contributed by atoms with Crippen LogP contribution in [-0.4, -0.2) is 35.9 Å². The second-order valence-corrected chi connectivity index (χ2v) is 8.90. The monoisotopic (exact) mass is 488 g/mol. The molecule has 2 aromatic rings. The van der Waals surface area contributed by atoms with E-state index in [0.717, 1.165) is 22.0 Å². The van der Waals surface area contributed by atoms with Crippen molar-refractivity contribution >= 4 is 27.7 Å². The maximum absolute atomic E-state index is 13.1. The van der Waals surface area contributed by atoms with Gasteiger partial charge < -0.3 is 15.0 Å². The van der Waals surface area contributed by atoms with Crippen molar-refractivity contribution in [3.8, 4) is 5.75 Å². The molecular formula is C25H33BrN2O3. The van der Waals surface area contributed by atoms with Crippen LogP contribution in [0, 0.1) is 6.92 Å². The third kappa shape index (κ3) is 7.10. The summed E-state index contributed by atoms with van der Waals surface area (Å²) in [5.41, 5.74) is 3.27. The highest BCUT2D eigenvalue weighted by molar-refractivity contribution is 9.10. The van der Waals surface area contributed by atoms with E-state index in [-0.39, 0.29) is 18.4 Å². The van der Waals surface area contributed by atoms with E-state index in [0.29, 0.717) is 24.8 Å². The topological polar surface area (TPSA) is 58.6 Å². The van der Waals surface area contributed by atoms with Crippen molar-refractivity contribution in [2.75, 3.05) is 13.2 Å². The Kier molecular flexibility index (Phi) is 9.56. The zero-order valence-corrected chi connectivity index (χ0v) is 20.7. The van der Waals surface area contributed by atoms with E-state index in [1.54, 1.807) is 11.8 Å². The van der Waals surface area contributed by atoms with Gasteiger partial charge in [0, 0.05) is 13.1 Å². The minimum Gasteiger partial charge on any atom is -0.483 e. The molecule has 0 heterocycles. The normalized spacial score (nSPS) is 11.8. The van der Waals surface area contributed by atoms with Gasteiger partial charge in [-0.05, 0) is 70.9 Å². The lowest BCUT2D eigenvalue weighted by Crippen LogP contribution is -2.49. The summed E-state index contributed by atoms with van der Waals surface area (Å²) >= 11 is 3.53. The molecule has 2 aromatic carbocycles. The van der Waals surface area contributed by atoms with Gasteiger partial charge in [0.15, 0.2) is 6.61 Å². The van der Waals surface area contributed by atoms with Gasteiger partial charge in [0.2, 0.25) is 5.91 Å². The molecule has 2 amide bonds. The fourth-order valence-electron chi connectivity index (χ4n) is 3.17. The van der Waals surface area contributed by atoms with Gasteiger partial charge in [-0.25, -0.2) is 0 Å². The number of aryl methyl sites for hydroxylation is 1. The minimum absolute atomic E-state index is 0.142. The molecule has 31 heavy (non-hydrogen) atoms. The van der Waals surface area contributed by atoms with Crippen molar-refractivity contribution in [2.24, 2.45) is 0 Å². The predicted molar refractivity (Wildman–Crippen MR) is 128 cm³/mol. The molecule has 0 saturated carbocycles. The smallest absolute Gasteiger partial charge is 0.261 e. The van der Waals surface area contributed by atoms with E-state index in [1.165, 1.54) is 5.56 Å². The van der Waals surface area contributed by atoms with Crippen LogP contribution < -0.4 is 10.1 Å². The number of amides is 2. The molecule has 0 aromatic heterocycles. The fourth-order valence-corrected chi connectivity index (χ4v) is 3.68. The van der Waals surface area contributed by atoms with Gasteiger partial charge in [-0.3, -0.25) is 9.59 Å². The Morgan fingerprint density at radius 3 is 2.45 bits per heavy atom. The number of carbonyl (C=O) groups excluding carboxylic acids is 2. The molecule has 168 valence electrons. The van der Waals surface area contributed by atoms with Gasteiger partial charge in [-0.15, -0.1) is 0 Å². The van der Waals surface area contributed by atoms with Crippen LogP contribution in [0.25, 0.3) is 0 Å². The number of nitrogens with zero attached hydrogens (tertiary/aromatic N) is 1. The van der Waals surface area contributed by atoms with E-state index in [2.05, 4.69) is 35.1 Å². The Labute approximate surface area is 194 Å². The number of ether oxygens (including phenoxy) is 1. The highest BCUT2D eigenvalue weighted by Gasteiger charge is 2.26. The first-order valence-electron chi connectivity index (χ1n) is 10.8.